The van der Waals surface area contributed by atoms with E-state index in [1.807, 2.05) is 18.2 Å². The highest BCUT2D eigenvalue weighted by Gasteiger charge is 2.17. The van der Waals surface area contributed by atoms with Gasteiger partial charge in [-0.3, -0.25) is 0 Å². The van der Waals surface area contributed by atoms with Crippen molar-refractivity contribution in [2.24, 2.45) is 0 Å². The molecule has 2 heterocycles. The second-order valence-electron chi connectivity index (χ2n) is 7.69. The van der Waals surface area contributed by atoms with Gasteiger partial charge in [0.05, 0.1) is 0 Å². The molecule has 0 fully saturated rings. The van der Waals surface area contributed by atoms with E-state index in [2.05, 4.69) is 101 Å². The first-order valence-corrected chi connectivity index (χ1v) is 11.6. The van der Waals surface area contributed by atoms with Crippen LogP contribution >= 0.6 is 11.3 Å². The summed E-state index contributed by atoms with van der Waals surface area (Å²) in [7, 11) is 0. The Labute approximate surface area is 192 Å². The lowest BCUT2D eigenvalue weighted by Gasteiger charge is -2.27. The van der Waals surface area contributed by atoms with Gasteiger partial charge in [-0.2, -0.15) is 4.57 Å². The summed E-state index contributed by atoms with van der Waals surface area (Å²) in [6.45, 7) is 1.20. The molecule has 1 aliphatic heterocycles. The lowest BCUT2D eigenvalue weighted by atomic mass is 9.99. The maximum absolute atomic E-state index is 11.3. The smallest absolute Gasteiger partial charge is 0.262 e. The maximum Gasteiger partial charge on any atom is 0.262 e. The van der Waals surface area contributed by atoms with Gasteiger partial charge in [-0.1, -0.05) is 90.8 Å². The summed E-state index contributed by atoms with van der Waals surface area (Å²) >= 11 is 1.72. The predicted octanol–water partition coefficient (Wildman–Crippen LogP) is 5.18. The van der Waals surface area contributed by atoms with E-state index in [0.717, 1.165) is 17.1 Å². The Kier molecular flexibility index (Phi) is 5.97. The SMILES string of the molecule is [O-]CC[n+]1c(/C=C/C=C2\C=CN(Cc3ccccc3)c3ccccc32)sc2ccccc21. The van der Waals surface area contributed by atoms with Crippen LogP contribution < -0.4 is 14.6 Å². The van der Waals surface area contributed by atoms with Crippen LogP contribution in [0.5, 0.6) is 0 Å². The third-order valence-corrected chi connectivity index (χ3v) is 6.75. The molecule has 0 saturated carbocycles. The molecule has 0 radical (unpaired) electrons. The van der Waals surface area contributed by atoms with E-state index in [0.29, 0.717) is 6.54 Å². The summed E-state index contributed by atoms with van der Waals surface area (Å²) in [6.07, 6.45) is 10.7. The second-order valence-corrected chi connectivity index (χ2v) is 8.75. The van der Waals surface area contributed by atoms with E-state index in [-0.39, 0.29) is 6.61 Å². The van der Waals surface area contributed by atoms with Crippen molar-refractivity contribution in [3.8, 4) is 0 Å². The summed E-state index contributed by atoms with van der Waals surface area (Å²) in [5.41, 5.74) is 6.02. The molecule has 0 spiro atoms. The van der Waals surface area contributed by atoms with Crippen LogP contribution in [0.3, 0.4) is 0 Å². The number of para-hydroxylation sites is 2. The molecule has 1 aliphatic rings. The van der Waals surface area contributed by atoms with Crippen molar-refractivity contribution in [2.75, 3.05) is 11.5 Å². The lowest BCUT2D eigenvalue weighted by molar-refractivity contribution is -0.685. The maximum atomic E-state index is 11.3. The van der Waals surface area contributed by atoms with Crippen LogP contribution in [0.2, 0.25) is 0 Å². The molecule has 0 unspecified atom stereocenters. The standard InChI is InChI=1S/C28H24N2OS/c31-20-19-30-26-14-6-7-15-27(26)32-28(30)16-8-11-23-17-18-29(21-22-9-2-1-3-10-22)25-13-5-4-12-24(23)25/h1-18H,19-21H2. The summed E-state index contributed by atoms with van der Waals surface area (Å²) < 4.78 is 3.32. The molecule has 158 valence electrons. The first-order chi connectivity index (χ1) is 15.8. The van der Waals surface area contributed by atoms with Gasteiger partial charge in [0.1, 0.15) is 11.2 Å². The number of thiazole rings is 1. The first-order valence-electron chi connectivity index (χ1n) is 10.8. The minimum Gasteiger partial charge on any atom is -0.850 e. The molecular formula is C28H24N2OS. The number of rotatable bonds is 6. The predicted molar refractivity (Wildman–Crippen MR) is 132 cm³/mol. The quantitative estimate of drug-likeness (QED) is 0.390. The summed E-state index contributed by atoms with van der Waals surface area (Å²) in [6, 6.07) is 27.3. The summed E-state index contributed by atoms with van der Waals surface area (Å²) in [5, 5.41) is 12.4. The van der Waals surface area contributed by atoms with Crippen LogP contribution in [0.15, 0.2) is 103 Å². The molecule has 1 aromatic heterocycles. The molecule has 0 amide bonds. The van der Waals surface area contributed by atoms with Gasteiger partial charge in [0.2, 0.25) is 5.52 Å². The van der Waals surface area contributed by atoms with Crippen molar-refractivity contribution in [2.45, 2.75) is 13.1 Å². The van der Waals surface area contributed by atoms with Crippen molar-refractivity contribution >= 4 is 38.9 Å². The van der Waals surface area contributed by atoms with Gasteiger partial charge < -0.3 is 10.0 Å². The summed E-state index contributed by atoms with van der Waals surface area (Å²) in [5.74, 6) is 0. The van der Waals surface area contributed by atoms with Gasteiger partial charge in [-0.25, -0.2) is 0 Å². The van der Waals surface area contributed by atoms with Gasteiger partial charge in [0, 0.05) is 36.1 Å². The lowest BCUT2D eigenvalue weighted by Crippen LogP contribution is -2.39. The van der Waals surface area contributed by atoms with Gasteiger partial charge in [-0.15, -0.1) is 0 Å². The Morgan fingerprint density at radius 1 is 0.906 bits per heavy atom. The van der Waals surface area contributed by atoms with Crippen LogP contribution in [-0.2, 0) is 13.1 Å². The van der Waals surface area contributed by atoms with Gasteiger partial charge >= 0.3 is 0 Å². The van der Waals surface area contributed by atoms with Crippen molar-refractivity contribution in [1.82, 2.24) is 0 Å². The highest BCUT2D eigenvalue weighted by Crippen LogP contribution is 2.33. The average molecular weight is 437 g/mol. The highest BCUT2D eigenvalue weighted by atomic mass is 32.1. The number of allylic oxidation sites excluding steroid dienone is 4. The Morgan fingerprint density at radius 3 is 2.56 bits per heavy atom. The zero-order chi connectivity index (χ0) is 21.8. The fourth-order valence-corrected chi connectivity index (χ4v) is 5.21. The van der Waals surface area contributed by atoms with Crippen molar-refractivity contribution in [1.29, 1.82) is 0 Å². The molecule has 0 atom stereocenters. The molecule has 32 heavy (non-hydrogen) atoms. The number of hydrogen-bond donors (Lipinski definition) is 0. The van der Waals surface area contributed by atoms with Crippen LogP contribution in [0, 0.1) is 0 Å². The molecular weight excluding hydrogens is 412 g/mol. The number of hydrogen-bond acceptors (Lipinski definition) is 3. The zero-order valence-electron chi connectivity index (χ0n) is 17.7. The zero-order valence-corrected chi connectivity index (χ0v) is 18.5. The molecule has 0 N–H and O–H groups in total. The Balaban J connectivity index is 1.44. The average Bonchev–Trinajstić information content (AvgIpc) is 3.19. The first kappa shape index (κ1) is 20.4. The molecule has 4 heteroatoms. The monoisotopic (exact) mass is 436 g/mol. The largest absolute Gasteiger partial charge is 0.850 e. The number of nitrogens with zero attached hydrogens (tertiary/aromatic N) is 2. The highest BCUT2D eigenvalue weighted by molar-refractivity contribution is 7.18. The Bertz CT molecular complexity index is 1320. The molecule has 5 rings (SSSR count). The van der Waals surface area contributed by atoms with Crippen LogP contribution in [0.1, 0.15) is 16.1 Å². The fourth-order valence-electron chi connectivity index (χ4n) is 4.10. The minimum absolute atomic E-state index is 0.124. The molecule has 0 aliphatic carbocycles. The van der Waals surface area contributed by atoms with Crippen molar-refractivity contribution in [3.63, 3.8) is 0 Å². The van der Waals surface area contributed by atoms with Gasteiger partial charge in [0.25, 0.3) is 5.01 Å². The third-order valence-electron chi connectivity index (χ3n) is 5.62. The van der Waals surface area contributed by atoms with Crippen LogP contribution in [0.25, 0.3) is 21.9 Å². The van der Waals surface area contributed by atoms with Crippen LogP contribution in [0.4, 0.5) is 5.69 Å². The van der Waals surface area contributed by atoms with E-state index in [9.17, 15) is 5.11 Å². The molecule has 3 nitrogen and oxygen atoms in total. The second kappa shape index (κ2) is 9.35. The van der Waals surface area contributed by atoms with E-state index in [1.54, 1.807) is 11.3 Å². The third kappa shape index (κ3) is 4.15. The van der Waals surface area contributed by atoms with Gasteiger partial charge in [-0.05, 0) is 29.3 Å². The van der Waals surface area contributed by atoms with Crippen molar-refractivity contribution in [3.05, 3.63) is 119 Å². The molecule has 0 saturated heterocycles. The van der Waals surface area contributed by atoms with E-state index in [4.69, 9.17) is 0 Å². The van der Waals surface area contributed by atoms with Gasteiger partial charge in [0.15, 0.2) is 0 Å². The molecule has 0 bridgehead atoms. The molecule has 3 aromatic carbocycles. The van der Waals surface area contributed by atoms with E-state index < -0.39 is 0 Å². The minimum atomic E-state index is -0.124. The Morgan fingerprint density at radius 2 is 1.69 bits per heavy atom. The number of anilines is 1. The topological polar surface area (TPSA) is 30.2 Å². The van der Waals surface area contributed by atoms with E-state index >= 15 is 0 Å². The Hall–Kier alpha value is -3.47. The number of fused-ring (bicyclic) bond motifs is 2. The van der Waals surface area contributed by atoms with E-state index in [1.165, 1.54) is 27.1 Å². The number of benzene rings is 3. The fraction of sp³-hybridized carbons (Fsp3) is 0.107. The van der Waals surface area contributed by atoms with Crippen molar-refractivity contribution < 1.29 is 9.67 Å². The number of aromatic nitrogens is 1. The normalized spacial score (nSPS) is 14.5. The molecule has 4 aromatic rings. The van der Waals surface area contributed by atoms with Crippen LogP contribution in [-0.4, -0.2) is 6.61 Å². The summed E-state index contributed by atoms with van der Waals surface area (Å²) in [4.78, 5) is 2.29.